The normalized spacial score (nSPS) is 35.8. The molecule has 0 amide bonds. The first-order valence-corrected chi connectivity index (χ1v) is 6.34. The van der Waals surface area contributed by atoms with Crippen molar-refractivity contribution < 1.29 is 4.79 Å². The molecular weight excluding hydrogens is 198 g/mol. The van der Waals surface area contributed by atoms with E-state index in [0.717, 1.165) is 50.5 Å². The Hall–Kier alpha value is -1.10. The maximum atomic E-state index is 12.3. The van der Waals surface area contributed by atoms with Gasteiger partial charge in [-0.25, -0.2) is 0 Å². The van der Waals surface area contributed by atoms with Crippen molar-refractivity contribution in [3.8, 4) is 6.07 Å². The first-order valence-electron chi connectivity index (χ1n) is 6.34. The SMILES string of the molecule is C=C1CCCC2CCCCCC(=O)C12C#N. The zero-order valence-electron chi connectivity index (χ0n) is 9.80. The molecule has 2 heteroatoms. The van der Waals surface area contributed by atoms with Crippen LogP contribution in [0, 0.1) is 22.7 Å². The fraction of sp³-hybridized carbons (Fsp3) is 0.714. The average molecular weight is 217 g/mol. The molecule has 0 spiro atoms. The Kier molecular flexibility index (Phi) is 3.14. The largest absolute Gasteiger partial charge is 0.298 e. The summed E-state index contributed by atoms with van der Waals surface area (Å²) >= 11 is 0. The van der Waals surface area contributed by atoms with Crippen molar-refractivity contribution in [1.29, 1.82) is 5.26 Å². The van der Waals surface area contributed by atoms with Gasteiger partial charge in [0.05, 0.1) is 6.07 Å². The summed E-state index contributed by atoms with van der Waals surface area (Å²) in [5, 5.41) is 9.50. The smallest absolute Gasteiger partial charge is 0.157 e. The van der Waals surface area contributed by atoms with Crippen LogP contribution in [-0.4, -0.2) is 5.78 Å². The van der Waals surface area contributed by atoms with Gasteiger partial charge in [0.2, 0.25) is 0 Å². The van der Waals surface area contributed by atoms with Crippen LogP contribution in [0.5, 0.6) is 0 Å². The number of allylic oxidation sites excluding steroid dienone is 1. The molecule has 0 radical (unpaired) electrons. The molecule has 2 atom stereocenters. The molecule has 2 rings (SSSR count). The third kappa shape index (κ3) is 1.59. The number of fused-ring (bicyclic) bond motifs is 1. The van der Waals surface area contributed by atoms with Gasteiger partial charge in [-0.3, -0.25) is 4.79 Å². The van der Waals surface area contributed by atoms with E-state index in [4.69, 9.17) is 0 Å². The van der Waals surface area contributed by atoms with Crippen LogP contribution in [0.3, 0.4) is 0 Å². The Labute approximate surface area is 97.3 Å². The van der Waals surface area contributed by atoms with Crippen molar-refractivity contribution in [2.45, 2.75) is 51.4 Å². The van der Waals surface area contributed by atoms with Crippen LogP contribution < -0.4 is 0 Å². The molecule has 16 heavy (non-hydrogen) atoms. The highest BCUT2D eigenvalue weighted by Gasteiger charge is 2.49. The molecule has 0 aromatic carbocycles. The van der Waals surface area contributed by atoms with E-state index in [0.29, 0.717) is 6.42 Å². The first kappa shape index (κ1) is 11.4. The molecule has 2 aliphatic carbocycles. The van der Waals surface area contributed by atoms with Gasteiger partial charge in [0.15, 0.2) is 5.78 Å². The molecule has 2 aliphatic rings. The number of ketones is 1. The number of carbonyl (C=O) groups is 1. The van der Waals surface area contributed by atoms with Crippen molar-refractivity contribution in [2.75, 3.05) is 0 Å². The lowest BCUT2D eigenvalue weighted by atomic mass is 9.59. The number of nitriles is 1. The van der Waals surface area contributed by atoms with E-state index < -0.39 is 5.41 Å². The molecule has 0 bridgehead atoms. The Bertz CT molecular complexity index is 352. The van der Waals surface area contributed by atoms with E-state index >= 15 is 0 Å². The van der Waals surface area contributed by atoms with E-state index in [1.807, 2.05) is 0 Å². The van der Waals surface area contributed by atoms with Gasteiger partial charge in [-0.15, -0.1) is 0 Å². The van der Waals surface area contributed by atoms with Crippen molar-refractivity contribution in [1.82, 2.24) is 0 Å². The van der Waals surface area contributed by atoms with Gasteiger partial charge in [-0.05, 0) is 43.6 Å². The fourth-order valence-corrected chi connectivity index (χ4v) is 3.33. The molecule has 2 nitrogen and oxygen atoms in total. The van der Waals surface area contributed by atoms with Gasteiger partial charge >= 0.3 is 0 Å². The molecule has 0 saturated heterocycles. The topological polar surface area (TPSA) is 40.9 Å². The predicted molar refractivity (Wildman–Crippen MR) is 62.6 cm³/mol. The van der Waals surface area contributed by atoms with Crippen molar-refractivity contribution in [3.05, 3.63) is 12.2 Å². The monoisotopic (exact) mass is 217 g/mol. The summed E-state index contributed by atoms with van der Waals surface area (Å²) in [5.74, 6) is 0.385. The van der Waals surface area contributed by atoms with Gasteiger partial charge in [-0.2, -0.15) is 5.26 Å². The third-order valence-electron chi connectivity index (χ3n) is 4.27. The number of rotatable bonds is 0. The average Bonchev–Trinajstić information content (AvgIpc) is 2.26. The van der Waals surface area contributed by atoms with Gasteiger partial charge in [0.25, 0.3) is 0 Å². The van der Waals surface area contributed by atoms with Crippen molar-refractivity contribution in [2.24, 2.45) is 11.3 Å². The van der Waals surface area contributed by atoms with E-state index in [-0.39, 0.29) is 11.7 Å². The molecule has 0 aromatic rings. The van der Waals surface area contributed by atoms with Crippen molar-refractivity contribution in [3.63, 3.8) is 0 Å². The van der Waals surface area contributed by atoms with Crippen LogP contribution in [0.15, 0.2) is 12.2 Å². The van der Waals surface area contributed by atoms with Crippen molar-refractivity contribution >= 4 is 5.78 Å². The predicted octanol–water partition coefficient (Wildman–Crippen LogP) is 3.39. The summed E-state index contributed by atoms with van der Waals surface area (Å²) in [7, 11) is 0. The Morgan fingerprint density at radius 3 is 2.69 bits per heavy atom. The molecule has 0 heterocycles. The Balaban J connectivity index is 2.38. The lowest BCUT2D eigenvalue weighted by Gasteiger charge is -2.40. The number of carbonyl (C=O) groups excluding carboxylic acids is 1. The van der Waals surface area contributed by atoms with E-state index in [9.17, 15) is 10.1 Å². The molecule has 0 N–H and O–H groups in total. The van der Waals surface area contributed by atoms with Crippen LogP contribution in [0.2, 0.25) is 0 Å². The summed E-state index contributed by atoms with van der Waals surface area (Å²) in [4.78, 5) is 12.3. The third-order valence-corrected chi connectivity index (χ3v) is 4.27. The molecule has 2 saturated carbocycles. The highest BCUT2D eigenvalue weighted by atomic mass is 16.1. The minimum absolute atomic E-state index is 0.143. The summed E-state index contributed by atoms with van der Waals surface area (Å²) in [6.07, 6.45) is 7.82. The maximum absolute atomic E-state index is 12.3. The van der Waals surface area contributed by atoms with Gasteiger partial charge < -0.3 is 0 Å². The van der Waals surface area contributed by atoms with Crippen LogP contribution in [0.4, 0.5) is 0 Å². The summed E-state index contributed by atoms with van der Waals surface area (Å²) < 4.78 is 0. The standard InChI is InChI=1S/C14H19NO/c1-11-6-5-8-12-7-3-2-4-9-13(16)14(11,12)10-15/h12H,1-9H2. The van der Waals surface area contributed by atoms with Crippen LogP contribution in [0.25, 0.3) is 0 Å². The zero-order chi connectivity index (χ0) is 11.6. The molecular formula is C14H19NO. The number of hydrogen-bond acceptors (Lipinski definition) is 2. The lowest BCUT2D eigenvalue weighted by molar-refractivity contribution is -0.128. The van der Waals surface area contributed by atoms with Gasteiger partial charge in [0.1, 0.15) is 5.41 Å². The van der Waals surface area contributed by atoms with Crippen LogP contribution >= 0.6 is 0 Å². The second-order valence-electron chi connectivity index (χ2n) is 5.14. The molecule has 0 aromatic heterocycles. The fourth-order valence-electron chi connectivity index (χ4n) is 3.33. The van der Waals surface area contributed by atoms with Gasteiger partial charge in [0, 0.05) is 6.42 Å². The molecule has 2 unspecified atom stereocenters. The van der Waals surface area contributed by atoms with Gasteiger partial charge in [-0.1, -0.05) is 19.4 Å². The van der Waals surface area contributed by atoms with E-state index in [1.165, 1.54) is 0 Å². The quantitative estimate of drug-likeness (QED) is 0.583. The highest BCUT2D eigenvalue weighted by Crippen LogP contribution is 2.48. The Morgan fingerprint density at radius 2 is 1.94 bits per heavy atom. The number of nitrogens with zero attached hydrogens (tertiary/aromatic N) is 1. The second-order valence-corrected chi connectivity index (χ2v) is 5.14. The molecule has 0 aliphatic heterocycles. The molecule has 86 valence electrons. The van der Waals surface area contributed by atoms with E-state index in [1.54, 1.807) is 0 Å². The minimum atomic E-state index is -0.821. The zero-order valence-corrected chi connectivity index (χ0v) is 9.80. The minimum Gasteiger partial charge on any atom is -0.298 e. The number of hydrogen-bond donors (Lipinski definition) is 0. The molecule has 2 fully saturated rings. The number of Topliss-reactive ketones (excluding diaryl/α,β-unsaturated/α-hetero) is 1. The summed E-state index contributed by atoms with van der Waals surface area (Å²) in [6.45, 7) is 4.02. The highest BCUT2D eigenvalue weighted by molar-refractivity contribution is 5.91. The van der Waals surface area contributed by atoms with Crippen LogP contribution in [-0.2, 0) is 4.79 Å². The second kappa shape index (κ2) is 4.41. The maximum Gasteiger partial charge on any atom is 0.157 e. The first-order chi connectivity index (χ1) is 7.71. The summed E-state index contributed by atoms with van der Waals surface area (Å²) in [5.41, 5.74) is 0.0664. The summed E-state index contributed by atoms with van der Waals surface area (Å²) in [6, 6.07) is 2.34. The van der Waals surface area contributed by atoms with Crippen LogP contribution in [0.1, 0.15) is 51.4 Å². The Morgan fingerprint density at radius 1 is 1.19 bits per heavy atom. The lowest BCUT2D eigenvalue weighted by Crippen LogP contribution is -2.42. The van der Waals surface area contributed by atoms with E-state index in [2.05, 4.69) is 12.6 Å².